The quantitative estimate of drug-likeness (QED) is 0.471. The number of hydrogen-bond donors (Lipinski definition) is 1. The summed E-state index contributed by atoms with van der Waals surface area (Å²) < 4.78 is 152. The van der Waals surface area contributed by atoms with Crippen LogP contribution in [0.2, 0.25) is 0 Å². The molecule has 1 rings (SSSR count). The third-order valence-corrected chi connectivity index (χ3v) is 1.92. The molecule has 28 heavy (non-hydrogen) atoms. The van der Waals surface area contributed by atoms with Crippen molar-refractivity contribution in [3.63, 3.8) is 0 Å². The molecule has 0 spiro atoms. The van der Waals surface area contributed by atoms with Gasteiger partial charge in [-0.05, 0) is 0 Å². The van der Waals surface area contributed by atoms with E-state index >= 15 is 0 Å². The first-order chi connectivity index (χ1) is 11.6. The summed E-state index contributed by atoms with van der Waals surface area (Å²) in [6.45, 7) is 3.22. The molecule has 0 aromatic carbocycles. The van der Waals surface area contributed by atoms with Crippen molar-refractivity contribution in [2.75, 3.05) is 32.7 Å². The Hall–Kier alpha value is 0.701. The van der Waals surface area contributed by atoms with Crippen LogP contribution in [0, 0.1) is 0 Å². The van der Waals surface area contributed by atoms with E-state index in [-0.39, 0.29) is 57.9 Å². The third kappa shape index (κ3) is 81.6. The number of rotatable bonds is 2. The van der Waals surface area contributed by atoms with E-state index in [0.29, 0.717) is 0 Å². The molecule has 21 heteroatoms. The van der Waals surface area contributed by atoms with Crippen molar-refractivity contribution in [2.24, 2.45) is 0 Å². The number of alkyl halides is 3. The van der Waals surface area contributed by atoms with Crippen LogP contribution in [0.15, 0.2) is 0 Å². The van der Waals surface area contributed by atoms with Crippen LogP contribution in [-0.2, 0) is 0 Å². The van der Waals surface area contributed by atoms with Crippen molar-refractivity contribution in [1.29, 1.82) is 0 Å². The number of nitrogens with zero attached hydrogens (tertiary/aromatic N) is 1. The zero-order chi connectivity index (χ0) is 22.5. The molecular weight excluding hydrogens is 469 g/mol. The van der Waals surface area contributed by atoms with E-state index in [1.807, 2.05) is 4.90 Å². The maximum atomic E-state index is 11.8. The molecular formula is C7H14B3F15KN2-3. The average molecular weight is 483 g/mol. The molecule has 0 saturated carbocycles. The van der Waals surface area contributed by atoms with Crippen molar-refractivity contribution >= 4 is 73.1 Å². The Morgan fingerprint density at radius 2 is 0.893 bits per heavy atom. The number of hydrogen-bond acceptors (Lipinski definition) is 2. The predicted molar refractivity (Wildman–Crippen MR) is 77.7 cm³/mol. The second-order valence-corrected chi connectivity index (χ2v) is 4.44. The zero-order valence-electron chi connectivity index (χ0n) is 13.1. The normalized spacial score (nSPS) is 15.5. The summed E-state index contributed by atoms with van der Waals surface area (Å²) in [7, 11) is -18.0. The molecule has 0 unspecified atom stereocenters. The van der Waals surface area contributed by atoms with Crippen molar-refractivity contribution in [3.05, 3.63) is 0 Å². The third-order valence-electron chi connectivity index (χ3n) is 1.92. The molecule has 1 fully saturated rings. The van der Waals surface area contributed by atoms with Crippen molar-refractivity contribution < 1.29 is 65.0 Å². The molecule has 1 saturated heterocycles. The van der Waals surface area contributed by atoms with Gasteiger partial charge in [0.15, 0.2) is 0 Å². The molecule has 0 radical (unpaired) electrons. The molecule has 170 valence electrons. The second-order valence-electron chi connectivity index (χ2n) is 4.44. The Morgan fingerprint density at radius 3 is 1.11 bits per heavy atom. The van der Waals surface area contributed by atoms with Gasteiger partial charge in [0.25, 0.3) is 0 Å². The Bertz CT molecular complexity index is 305. The standard InChI is InChI=1S/C7H13F3N2.3BF4.K.H/c8-7(9,10)1-4-12-5-2-11-3-6-12;3*2-1(3,4)5;;/h11H,1-6H2;;;;;/q;3*-1;;. The number of piperazine rings is 1. The summed E-state index contributed by atoms with van der Waals surface area (Å²) in [5.41, 5.74) is 0. The summed E-state index contributed by atoms with van der Waals surface area (Å²) in [5, 5.41) is 3.09. The van der Waals surface area contributed by atoms with E-state index in [1.54, 1.807) is 0 Å². The molecule has 0 bridgehead atoms. The molecule has 1 N–H and O–H groups in total. The van der Waals surface area contributed by atoms with Gasteiger partial charge in [-0.15, -0.1) is 0 Å². The summed E-state index contributed by atoms with van der Waals surface area (Å²) in [6, 6.07) is 0. The Morgan fingerprint density at radius 1 is 0.643 bits per heavy atom. The minimum absolute atomic E-state index is 0. The molecule has 1 heterocycles. The van der Waals surface area contributed by atoms with Gasteiger partial charge in [-0.1, -0.05) is 0 Å². The number of nitrogens with one attached hydrogen (secondary N) is 1. The molecule has 0 amide bonds. The first-order valence-electron chi connectivity index (χ1n) is 6.69. The van der Waals surface area contributed by atoms with Crippen LogP contribution < -0.4 is 5.32 Å². The molecule has 0 aliphatic carbocycles. The van der Waals surface area contributed by atoms with Crippen LogP contribution in [0.1, 0.15) is 6.42 Å². The van der Waals surface area contributed by atoms with Gasteiger partial charge in [-0.3, -0.25) is 0 Å². The molecule has 1 aliphatic heterocycles. The van der Waals surface area contributed by atoms with Crippen LogP contribution >= 0.6 is 0 Å². The fraction of sp³-hybridized carbons (Fsp3) is 1.00. The predicted octanol–water partition coefficient (Wildman–Crippen LogP) is 4.10. The topological polar surface area (TPSA) is 15.3 Å². The van der Waals surface area contributed by atoms with Gasteiger partial charge in [0.05, 0.1) is 6.42 Å². The molecule has 1 aliphatic rings. The fourth-order valence-corrected chi connectivity index (χ4v) is 1.22. The maximum absolute atomic E-state index is 11.8. The van der Waals surface area contributed by atoms with Gasteiger partial charge in [0, 0.05) is 32.7 Å². The van der Waals surface area contributed by atoms with Crippen LogP contribution in [0.4, 0.5) is 65.0 Å². The number of halogens is 15. The molecule has 0 aromatic heterocycles. The van der Waals surface area contributed by atoms with Gasteiger partial charge >= 0.3 is 79.3 Å². The Balaban J connectivity index is -0.000000153. The van der Waals surface area contributed by atoms with Gasteiger partial charge in [-0.25, -0.2) is 0 Å². The second kappa shape index (κ2) is 16.4. The van der Waals surface area contributed by atoms with Crippen LogP contribution in [0.5, 0.6) is 0 Å². The van der Waals surface area contributed by atoms with Crippen LogP contribution in [-0.4, -0.2) is 117 Å². The first kappa shape index (κ1) is 36.1. The summed E-state index contributed by atoms with van der Waals surface area (Å²) >= 11 is 0. The Labute approximate surface area is 192 Å². The van der Waals surface area contributed by atoms with E-state index in [4.69, 9.17) is 0 Å². The zero-order valence-corrected chi connectivity index (χ0v) is 13.1. The minimum atomic E-state index is -6.00. The fourth-order valence-electron chi connectivity index (χ4n) is 1.22. The molecule has 0 aromatic rings. The van der Waals surface area contributed by atoms with Crippen molar-refractivity contribution in [1.82, 2.24) is 10.2 Å². The monoisotopic (exact) mass is 483 g/mol. The molecule has 0 atom stereocenters. The van der Waals surface area contributed by atoms with E-state index in [1.165, 1.54) is 0 Å². The Kier molecular flexibility index (Phi) is 21.1. The summed E-state index contributed by atoms with van der Waals surface area (Å²) in [6.07, 6.45) is -4.70. The summed E-state index contributed by atoms with van der Waals surface area (Å²) in [5.74, 6) is 0. The summed E-state index contributed by atoms with van der Waals surface area (Å²) in [4.78, 5) is 1.84. The molecule has 2 nitrogen and oxygen atoms in total. The SMILES string of the molecule is FC(F)(F)CCN1CCNCC1.F[B-](F)(F)F.F[B-](F)(F)F.F[B-](F)(F)F.[KH]. The van der Waals surface area contributed by atoms with Crippen LogP contribution in [0.25, 0.3) is 0 Å². The van der Waals surface area contributed by atoms with Gasteiger partial charge in [0.1, 0.15) is 0 Å². The van der Waals surface area contributed by atoms with E-state index in [0.717, 1.165) is 26.2 Å². The van der Waals surface area contributed by atoms with E-state index < -0.39 is 34.4 Å². The van der Waals surface area contributed by atoms with E-state index in [9.17, 15) is 65.0 Å². The average Bonchev–Trinajstić information content (AvgIpc) is 2.30. The van der Waals surface area contributed by atoms with Crippen molar-refractivity contribution in [3.8, 4) is 0 Å². The van der Waals surface area contributed by atoms with E-state index in [2.05, 4.69) is 5.32 Å². The first-order valence-corrected chi connectivity index (χ1v) is 6.69. The van der Waals surface area contributed by atoms with Gasteiger partial charge in [-0.2, -0.15) is 13.2 Å². The van der Waals surface area contributed by atoms with Gasteiger partial charge < -0.3 is 62.0 Å². The van der Waals surface area contributed by atoms with Gasteiger partial charge in [0.2, 0.25) is 0 Å². The van der Waals surface area contributed by atoms with Crippen LogP contribution in [0.3, 0.4) is 0 Å². The van der Waals surface area contributed by atoms with Crippen molar-refractivity contribution in [2.45, 2.75) is 12.6 Å².